The van der Waals surface area contributed by atoms with Gasteiger partial charge in [0.25, 0.3) is 0 Å². The summed E-state index contributed by atoms with van der Waals surface area (Å²) in [6.07, 6.45) is 5.56. The second-order valence-corrected chi connectivity index (χ2v) is 7.72. The molecule has 1 saturated heterocycles. The van der Waals surface area contributed by atoms with Crippen molar-refractivity contribution < 1.29 is 13.5 Å². The van der Waals surface area contributed by atoms with Crippen LogP contribution in [0.5, 0.6) is 0 Å². The Morgan fingerprint density at radius 3 is 2.71 bits per heavy atom. The second-order valence-electron chi connectivity index (χ2n) is 6.04. The number of hydrogen-bond donors (Lipinski definition) is 2. The van der Waals surface area contributed by atoms with Gasteiger partial charge in [-0.05, 0) is 38.5 Å². The van der Waals surface area contributed by atoms with Crippen molar-refractivity contribution in [2.75, 3.05) is 18.0 Å². The van der Waals surface area contributed by atoms with E-state index in [1.807, 2.05) is 11.0 Å². The molecule has 128 valence electrons. The maximum absolute atomic E-state index is 12.6. The number of nitrogens with one attached hydrogen (secondary N) is 1. The third-order valence-corrected chi connectivity index (χ3v) is 5.80. The van der Waals surface area contributed by atoms with Crippen molar-refractivity contribution in [2.24, 2.45) is 5.92 Å². The molecule has 0 saturated carbocycles. The Morgan fingerprint density at radius 2 is 2.17 bits per heavy atom. The molecule has 1 aromatic carbocycles. The molecule has 1 heterocycles. The summed E-state index contributed by atoms with van der Waals surface area (Å²) in [5.41, 5.74) is 0.850. The van der Waals surface area contributed by atoms with Crippen molar-refractivity contribution in [3.05, 3.63) is 23.8 Å². The molecule has 6 nitrogen and oxygen atoms in total. The van der Waals surface area contributed by atoms with Gasteiger partial charge < -0.3 is 10.0 Å². The smallest absolute Gasteiger partial charge is 0.243 e. The van der Waals surface area contributed by atoms with Gasteiger partial charge in [0.2, 0.25) is 10.0 Å². The number of benzene rings is 1. The number of aliphatic hydroxyl groups is 1. The van der Waals surface area contributed by atoms with E-state index in [4.69, 9.17) is 11.7 Å². The van der Waals surface area contributed by atoms with Gasteiger partial charge >= 0.3 is 0 Å². The number of aliphatic hydroxyl groups excluding tert-OH is 1. The van der Waals surface area contributed by atoms with Gasteiger partial charge in [-0.2, -0.15) is 9.98 Å². The van der Waals surface area contributed by atoms with E-state index in [1.165, 1.54) is 12.1 Å². The Hall–Kier alpha value is -2.06. The summed E-state index contributed by atoms with van der Waals surface area (Å²) in [5, 5.41) is 18.9. The molecule has 3 unspecified atom stereocenters. The number of rotatable bonds is 5. The molecule has 0 aromatic heterocycles. The average Bonchev–Trinajstić information content (AvgIpc) is 3.03. The van der Waals surface area contributed by atoms with Crippen LogP contribution in [0.2, 0.25) is 0 Å². The minimum absolute atomic E-state index is 0.0730. The van der Waals surface area contributed by atoms with Crippen LogP contribution >= 0.6 is 0 Å². The van der Waals surface area contributed by atoms with Gasteiger partial charge in [-0.3, -0.25) is 0 Å². The molecule has 1 fully saturated rings. The summed E-state index contributed by atoms with van der Waals surface area (Å²) in [5.74, 6) is 2.41. The van der Waals surface area contributed by atoms with Crippen molar-refractivity contribution in [1.82, 2.24) is 4.72 Å². The maximum Gasteiger partial charge on any atom is 0.243 e. The third kappa shape index (κ3) is 3.88. The molecule has 3 atom stereocenters. The van der Waals surface area contributed by atoms with Crippen molar-refractivity contribution in [1.29, 1.82) is 5.26 Å². The highest BCUT2D eigenvalue weighted by Gasteiger charge is 2.30. The SMILES string of the molecule is C#CC(C)NS(=O)(=O)c1ccc(C#N)cc1N1CCC(C(C)O)C1. The van der Waals surface area contributed by atoms with Crippen LogP contribution in [0.25, 0.3) is 0 Å². The van der Waals surface area contributed by atoms with Crippen LogP contribution in [0, 0.1) is 29.6 Å². The van der Waals surface area contributed by atoms with E-state index in [9.17, 15) is 13.5 Å². The zero-order chi connectivity index (χ0) is 17.9. The molecule has 1 aromatic rings. The monoisotopic (exact) mass is 347 g/mol. The average molecular weight is 347 g/mol. The molecule has 7 heteroatoms. The van der Waals surface area contributed by atoms with Crippen LogP contribution in [-0.4, -0.2) is 38.8 Å². The largest absolute Gasteiger partial charge is 0.393 e. The molecule has 1 aliphatic rings. The summed E-state index contributed by atoms with van der Waals surface area (Å²) >= 11 is 0. The van der Waals surface area contributed by atoms with Crippen LogP contribution in [0.15, 0.2) is 23.1 Å². The summed E-state index contributed by atoms with van der Waals surface area (Å²) in [4.78, 5) is 1.99. The fourth-order valence-electron chi connectivity index (χ4n) is 2.79. The quantitative estimate of drug-likeness (QED) is 0.777. The lowest BCUT2D eigenvalue weighted by molar-refractivity contribution is 0.136. The number of nitriles is 1. The first-order chi connectivity index (χ1) is 11.3. The van der Waals surface area contributed by atoms with Crippen LogP contribution in [0.1, 0.15) is 25.8 Å². The topological polar surface area (TPSA) is 93.4 Å². The minimum Gasteiger partial charge on any atom is -0.393 e. The van der Waals surface area contributed by atoms with Gasteiger partial charge in [-0.25, -0.2) is 8.42 Å². The zero-order valence-corrected chi connectivity index (χ0v) is 14.5. The predicted octanol–water partition coefficient (Wildman–Crippen LogP) is 1.07. The fraction of sp³-hybridized carbons (Fsp3) is 0.471. The van der Waals surface area contributed by atoms with Crippen LogP contribution in [0.4, 0.5) is 5.69 Å². The van der Waals surface area contributed by atoms with Gasteiger partial charge in [-0.1, -0.05) is 5.92 Å². The molecular weight excluding hydrogens is 326 g/mol. The van der Waals surface area contributed by atoms with Gasteiger partial charge in [0.05, 0.1) is 29.5 Å². The molecule has 0 spiro atoms. The maximum atomic E-state index is 12.6. The van der Waals surface area contributed by atoms with Crippen LogP contribution in [0.3, 0.4) is 0 Å². The van der Waals surface area contributed by atoms with E-state index in [2.05, 4.69) is 10.6 Å². The van der Waals surface area contributed by atoms with Crippen molar-refractivity contribution in [3.8, 4) is 18.4 Å². The fourth-order valence-corrected chi connectivity index (χ4v) is 4.16. The summed E-state index contributed by atoms with van der Waals surface area (Å²) < 4.78 is 27.7. The first kappa shape index (κ1) is 18.3. The Labute approximate surface area is 143 Å². The van der Waals surface area contributed by atoms with E-state index >= 15 is 0 Å². The number of terminal acetylenes is 1. The summed E-state index contributed by atoms with van der Waals surface area (Å²) in [6.45, 7) is 4.48. The molecule has 0 radical (unpaired) electrons. The molecule has 0 amide bonds. The van der Waals surface area contributed by atoms with Gasteiger partial charge in [-0.15, -0.1) is 6.42 Å². The Morgan fingerprint density at radius 1 is 1.46 bits per heavy atom. The molecule has 1 aliphatic heterocycles. The molecule has 2 N–H and O–H groups in total. The molecule has 2 rings (SSSR count). The van der Waals surface area contributed by atoms with Crippen molar-refractivity contribution in [3.63, 3.8) is 0 Å². The lowest BCUT2D eigenvalue weighted by Crippen LogP contribution is -2.33. The first-order valence-electron chi connectivity index (χ1n) is 7.74. The van der Waals surface area contributed by atoms with Gasteiger partial charge in [0.15, 0.2) is 0 Å². The van der Waals surface area contributed by atoms with Crippen LogP contribution in [-0.2, 0) is 10.0 Å². The minimum atomic E-state index is -3.81. The highest BCUT2D eigenvalue weighted by Crippen LogP contribution is 2.32. The van der Waals surface area contributed by atoms with E-state index < -0.39 is 22.2 Å². The molecular formula is C17H21N3O3S. The van der Waals surface area contributed by atoms with Crippen molar-refractivity contribution >= 4 is 15.7 Å². The lowest BCUT2D eigenvalue weighted by Gasteiger charge is -2.23. The predicted molar refractivity (Wildman–Crippen MR) is 91.8 cm³/mol. The Kier molecular flexibility index (Phi) is 5.51. The number of sulfonamides is 1. The van der Waals surface area contributed by atoms with E-state index in [0.717, 1.165) is 6.42 Å². The zero-order valence-electron chi connectivity index (χ0n) is 13.7. The Balaban J connectivity index is 2.43. The summed E-state index contributed by atoms with van der Waals surface area (Å²) in [7, 11) is -3.81. The Bertz CT molecular complexity index is 790. The van der Waals surface area contributed by atoms with E-state index in [0.29, 0.717) is 24.3 Å². The lowest BCUT2D eigenvalue weighted by atomic mass is 10.0. The normalized spacial score (nSPS) is 20.2. The summed E-state index contributed by atoms with van der Waals surface area (Å²) in [6, 6.07) is 5.86. The standard InChI is InChI=1S/C17H21N3O3S/c1-4-12(2)19-24(22,23)17-6-5-14(10-18)9-16(17)20-8-7-15(11-20)13(3)21/h1,5-6,9,12-13,15,19,21H,7-8,11H2,2-3H3. The molecule has 0 bridgehead atoms. The van der Waals surface area contributed by atoms with Crippen LogP contribution < -0.4 is 9.62 Å². The highest BCUT2D eigenvalue weighted by molar-refractivity contribution is 7.89. The van der Waals surface area contributed by atoms with Crippen molar-refractivity contribution in [2.45, 2.75) is 37.3 Å². The van der Waals surface area contributed by atoms with Gasteiger partial charge in [0, 0.05) is 19.0 Å². The van der Waals surface area contributed by atoms with E-state index in [1.54, 1.807) is 19.9 Å². The molecule has 0 aliphatic carbocycles. The number of anilines is 1. The number of hydrogen-bond acceptors (Lipinski definition) is 5. The third-order valence-electron chi connectivity index (χ3n) is 4.21. The van der Waals surface area contributed by atoms with Gasteiger partial charge in [0.1, 0.15) is 4.90 Å². The second kappa shape index (κ2) is 7.23. The van der Waals surface area contributed by atoms with E-state index in [-0.39, 0.29) is 10.8 Å². The first-order valence-corrected chi connectivity index (χ1v) is 9.22. The molecule has 24 heavy (non-hydrogen) atoms. The highest BCUT2D eigenvalue weighted by atomic mass is 32.2. The number of nitrogens with zero attached hydrogens (tertiary/aromatic N) is 2.